The molecule has 1 N–H and O–H groups in total. The minimum Gasteiger partial charge on any atom is -0.325 e. The lowest BCUT2D eigenvalue weighted by molar-refractivity contribution is -0.113. The van der Waals surface area contributed by atoms with Crippen LogP contribution in [0.15, 0.2) is 66.1 Å². The van der Waals surface area contributed by atoms with E-state index in [0.29, 0.717) is 17.4 Å². The Labute approximate surface area is 147 Å². The van der Waals surface area contributed by atoms with Gasteiger partial charge in [-0.05, 0) is 35.9 Å². The molecule has 128 valence electrons. The quantitative estimate of drug-likeness (QED) is 0.678. The van der Waals surface area contributed by atoms with Gasteiger partial charge in [0.15, 0.2) is 5.16 Å². The summed E-state index contributed by atoms with van der Waals surface area (Å²) in [4.78, 5) is 16.2. The molecular weight excluding hydrogens is 344 g/mol. The molecule has 0 unspecified atom stereocenters. The summed E-state index contributed by atoms with van der Waals surface area (Å²) in [5.74, 6) is -0.776. The summed E-state index contributed by atoms with van der Waals surface area (Å²) >= 11 is 1.28. The van der Waals surface area contributed by atoms with Crippen molar-refractivity contribution >= 4 is 23.4 Å². The lowest BCUT2D eigenvalue weighted by Gasteiger charge is -2.08. The molecule has 2 aromatic carbocycles. The Balaban J connectivity index is 1.57. The van der Waals surface area contributed by atoms with Gasteiger partial charge >= 0.3 is 0 Å². The molecular formula is C18H15F2N3OS. The van der Waals surface area contributed by atoms with Gasteiger partial charge in [-0.1, -0.05) is 30.0 Å². The summed E-state index contributed by atoms with van der Waals surface area (Å²) in [6, 6.07) is 12.0. The molecule has 0 aliphatic rings. The van der Waals surface area contributed by atoms with E-state index in [1.165, 1.54) is 42.1 Å². The van der Waals surface area contributed by atoms with Crippen molar-refractivity contribution in [1.82, 2.24) is 9.55 Å². The number of hydrogen-bond donors (Lipinski definition) is 1. The van der Waals surface area contributed by atoms with Crippen molar-refractivity contribution < 1.29 is 13.6 Å². The van der Waals surface area contributed by atoms with Crippen LogP contribution in [0.5, 0.6) is 0 Å². The molecule has 0 saturated carbocycles. The normalized spacial score (nSPS) is 10.6. The summed E-state index contributed by atoms with van der Waals surface area (Å²) in [7, 11) is 0. The molecule has 4 nitrogen and oxygen atoms in total. The number of imidazole rings is 1. The number of carbonyl (C=O) groups excluding carboxylic acids is 1. The first-order chi connectivity index (χ1) is 12.1. The van der Waals surface area contributed by atoms with Crippen LogP contribution in [0.2, 0.25) is 0 Å². The van der Waals surface area contributed by atoms with Crippen LogP contribution in [0, 0.1) is 11.6 Å². The van der Waals surface area contributed by atoms with Crippen LogP contribution in [0.1, 0.15) is 5.56 Å². The zero-order valence-corrected chi connectivity index (χ0v) is 14.0. The van der Waals surface area contributed by atoms with Gasteiger partial charge in [-0.25, -0.2) is 13.8 Å². The van der Waals surface area contributed by atoms with E-state index < -0.39 is 5.82 Å². The van der Waals surface area contributed by atoms with Crippen LogP contribution in [0.25, 0.3) is 0 Å². The summed E-state index contributed by atoms with van der Waals surface area (Å²) in [5, 5.41) is 3.32. The Bertz CT molecular complexity index is 865. The molecule has 0 aliphatic heterocycles. The number of thioether (sulfide) groups is 1. The van der Waals surface area contributed by atoms with Crippen LogP contribution < -0.4 is 5.32 Å². The molecule has 0 bridgehead atoms. The molecule has 1 heterocycles. The number of benzene rings is 2. The molecule has 0 radical (unpaired) electrons. The molecule has 3 aromatic rings. The van der Waals surface area contributed by atoms with E-state index in [4.69, 9.17) is 0 Å². The monoisotopic (exact) mass is 359 g/mol. The van der Waals surface area contributed by atoms with Gasteiger partial charge in [-0.15, -0.1) is 0 Å². The zero-order chi connectivity index (χ0) is 17.6. The number of hydrogen-bond acceptors (Lipinski definition) is 3. The first-order valence-corrected chi connectivity index (χ1v) is 8.52. The first-order valence-electron chi connectivity index (χ1n) is 7.54. The van der Waals surface area contributed by atoms with Gasteiger partial charge < -0.3 is 9.88 Å². The smallest absolute Gasteiger partial charge is 0.234 e. The predicted octanol–water partition coefficient (Wildman–Crippen LogP) is 3.94. The summed E-state index contributed by atoms with van der Waals surface area (Å²) in [6.45, 7) is 0.536. The lowest BCUT2D eigenvalue weighted by atomic mass is 10.2. The lowest BCUT2D eigenvalue weighted by Crippen LogP contribution is -2.14. The van der Waals surface area contributed by atoms with Crippen LogP contribution in [0.4, 0.5) is 14.5 Å². The van der Waals surface area contributed by atoms with E-state index in [1.54, 1.807) is 30.6 Å². The Morgan fingerprint density at radius 3 is 2.68 bits per heavy atom. The van der Waals surface area contributed by atoms with Crippen LogP contribution in [0.3, 0.4) is 0 Å². The number of rotatable bonds is 6. The first kappa shape index (κ1) is 17.2. The molecule has 0 aliphatic carbocycles. The molecule has 0 fully saturated rings. The molecule has 1 aromatic heterocycles. The number of aromatic nitrogens is 2. The third-order valence-electron chi connectivity index (χ3n) is 3.38. The van der Waals surface area contributed by atoms with Crippen molar-refractivity contribution in [2.24, 2.45) is 0 Å². The molecule has 0 atom stereocenters. The average molecular weight is 359 g/mol. The SMILES string of the molecule is O=C(CSc1nccn1Cc1ccc(F)cc1)Nc1cccc(F)c1. The third-order valence-corrected chi connectivity index (χ3v) is 4.39. The fraction of sp³-hybridized carbons (Fsp3) is 0.111. The van der Waals surface area contributed by atoms with Crippen molar-refractivity contribution in [1.29, 1.82) is 0 Å². The second-order valence-corrected chi connectivity index (χ2v) is 6.25. The van der Waals surface area contributed by atoms with Crippen molar-refractivity contribution in [2.75, 3.05) is 11.1 Å². The van der Waals surface area contributed by atoms with Gasteiger partial charge in [0.2, 0.25) is 5.91 Å². The van der Waals surface area contributed by atoms with Crippen LogP contribution in [-0.2, 0) is 11.3 Å². The molecule has 7 heteroatoms. The second-order valence-electron chi connectivity index (χ2n) is 5.31. The van der Waals surface area contributed by atoms with E-state index in [1.807, 2.05) is 4.57 Å². The van der Waals surface area contributed by atoms with Crippen LogP contribution in [-0.4, -0.2) is 21.2 Å². The van der Waals surface area contributed by atoms with Gasteiger partial charge in [0.05, 0.1) is 5.75 Å². The fourth-order valence-electron chi connectivity index (χ4n) is 2.24. The topological polar surface area (TPSA) is 46.9 Å². The van der Waals surface area contributed by atoms with Gasteiger partial charge in [0.1, 0.15) is 11.6 Å². The summed E-state index contributed by atoms with van der Waals surface area (Å²) < 4.78 is 28.0. The Kier molecular flexibility index (Phi) is 5.45. The highest BCUT2D eigenvalue weighted by atomic mass is 32.2. The minimum absolute atomic E-state index is 0.150. The highest BCUT2D eigenvalue weighted by Crippen LogP contribution is 2.18. The number of nitrogens with zero attached hydrogens (tertiary/aromatic N) is 2. The second kappa shape index (κ2) is 7.94. The van der Waals surface area contributed by atoms with Crippen molar-refractivity contribution in [3.05, 3.63) is 78.1 Å². The number of nitrogens with one attached hydrogen (secondary N) is 1. The maximum absolute atomic E-state index is 13.1. The summed E-state index contributed by atoms with van der Waals surface area (Å²) in [6.07, 6.45) is 3.45. The van der Waals surface area contributed by atoms with E-state index in [2.05, 4.69) is 10.3 Å². The average Bonchev–Trinajstić information content (AvgIpc) is 3.02. The highest BCUT2D eigenvalue weighted by molar-refractivity contribution is 7.99. The molecule has 0 saturated heterocycles. The number of anilines is 1. The number of carbonyl (C=O) groups is 1. The van der Waals surface area contributed by atoms with Crippen molar-refractivity contribution in [2.45, 2.75) is 11.7 Å². The van der Waals surface area contributed by atoms with Crippen molar-refractivity contribution in [3.8, 4) is 0 Å². The Hall–Kier alpha value is -2.67. The van der Waals surface area contributed by atoms with Crippen molar-refractivity contribution in [3.63, 3.8) is 0 Å². The van der Waals surface area contributed by atoms with E-state index >= 15 is 0 Å². The van der Waals surface area contributed by atoms with E-state index in [9.17, 15) is 13.6 Å². The Morgan fingerprint density at radius 2 is 1.92 bits per heavy atom. The third kappa shape index (κ3) is 4.90. The fourth-order valence-corrected chi connectivity index (χ4v) is 2.99. The zero-order valence-electron chi connectivity index (χ0n) is 13.2. The van der Waals surface area contributed by atoms with Gasteiger partial charge in [0, 0.05) is 24.6 Å². The minimum atomic E-state index is -0.403. The maximum atomic E-state index is 13.1. The molecule has 1 amide bonds. The van der Waals surface area contributed by atoms with Gasteiger partial charge in [-0.3, -0.25) is 4.79 Å². The number of amides is 1. The maximum Gasteiger partial charge on any atom is 0.234 e. The molecule has 25 heavy (non-hydrogen) atoms. The number of halogens is 2. The van der Waals surface area contributed by atoms with Gasteiger partial charge in [0.25, 0.3) is 0 Å². The van der Waals surface area contributed by atoms with E-state index in [-0.39, 0.29) is 17.5 Å². The highest BCUT2D eigenvalue weighted by Gasteiger charge is 2.09. The predicted molar refractivity (Wildman–Crippen MR) is 93.5 cm³/mol. The van der Waals surface area contributed by atoms with Crippen LogP contribution >= 0.6 is 11.8 Å². The summed E-state index contributed by atoms with van der Waals surface area (Å²) in [5.41, 5.74) is 1.35. The van der Waals surface area contributed by atoms with E-state index in [0.717, 1.165) is 5.56 Å². The standard InChI is InChI=1S/C18H15F2N3OS/c19-14-6-4-13(5-7-14)11-23-9-8-21-18(23)25-12-17(24)22-16-3-1-2-15(20)10-16/h1-10H,11-12H2,(H,22,24). The Morgan fingerprint density at radius 1 is 1.12 bits per heavy atom. The molecule has 0 spiro atoms. The largest absolute Gasteiger partial charge is 0.325 e. The molecule has 3 rings (SSSR count). The van der Waals surface area contributed by atoms with Gasteiger partial charge in [-0.2, -0.15) is 0 Å².